The van der Waals surface area contributed by atoms with Crippen LogP contribution in [0.1, 0.15) is 39.5 Å². The molecule has 1 N–H and O–H groups in total. The highest BCUT2D eigenvalue weighted by Crippen LogP contribution is 2.27. The van der Waals surface area contributed by atoms with Crippen molar-refractivity contribution in [2.75, 3.05) is 32.7 Å². The summed E-state index contributed by atoms with van der Waals surface area (Å²) in [4.78, 5) is 2.70. The standard InChI is InChI=1S/C13H26N2/c1-12-4-3-8-15(9-5-12)11-13(2)6-7-14-10-13/h12,14H,3-11H2,1-2H3. The summed E-state index contributed by atoms with van der Waals surface area (Å²) in [5.41, 5.74) is 0.549. The lowest BCUT2D eigenvalue weighted by atomic mass is 9.89. The van der Waals surface area contributed by atoms with Crippen molar-refractivity contribution in [3.8, 4) is 0 Å². The molecule has 0 bridgehead atoms. The molecule has 0 saturated carbocycles. The van der Waals surface area contributed by atoms with Gasteiger partial charge in [-0.05, 0) is 56.7 Å². The minimum atomic E-state index is 0.549. The molecule has 2 heteroatoms. The lowest BCUT2D eigenvalue weighted by Crippen LogP contribution is -2.38. The first-order valence-corrected chi connectivity index (χ1v) is 6.61. The Morgan fingerprint density at radius 2 is 2.20 bits per heavy atom. The van der Waals surface area contributed by atoms with Crippen molar-refractivity contribution >= 4 is 0 Å². The van der Waals surface area contributed by atoms with Gasteiger partial charge in [0, 0.05) is 13.1 Å². The van der Waals surface area contributed by atoms with Crippen LogP contribution in [0.4, 0.5) is 0 Å². The molecule has 0 aromatic heterocycles. The second-order valence-electron chi connectivity index (χ2n) is 6.05. The lowest BCUT2D eigenvalue weighted by molar-refractivity contribution is 0.181. The zero-order valence-corrected chi connectivity index (χ0v) is 10.4. The average molecular weight is 210 g/mol. The summed E-state index contributed by atoms with van der Waals surface area (Å²) in [5, 5.41) is 3.50. The number of nitrogens with zero attached hydrogens (tertiary/aromatic N) is 1. The maximum absolute atomic E-state index is 3.50. The van der Waals surface area contributed by atoms with E-state index in [1.165, 1.54) is 58.4 Å². The molecule has 0 aromatic rings. The minimum Gasteiger partial charge on any atom is -0.316 e. The zero-order chi connectivity index (χ0) is 10.7. The first-order chi connectivity index (χ1) is 7.18. The molecular weight excluding hydrogens is 184 g/mol. The van der Waals surface area contributed by atoms with Crippen LogP contribution in [0.2, 0.25) is 0 Å². The molecule has 0 amide bonds. The van der Waals surface area contributed by atoms with Crippen LogP contribution in [-0.4, -0.2) is 37.6 Å². The van der Waals surface area contributed by atoms with Gasteiger partial charge in [-0.3, -0.25) is 0 Å². The minimum absolute atomic E-state index is 0.549. The largest absolute Gasteiger partial charge is 0.316 e. The third kappa shape index (κ3) is 3.18. The predicted octanol–water partition coefficient (Wildman–Crippen LogP) is 2.11. The Kier molecular flexibility index (Phi) is 3.68. The Bertz CT molecular complexity index is 197. The summed E-state index contributed by atoms with van der Waals surface area (Å²) in [6.07, 6.45) is 5.61. The first kappa shape index (κ1) is 11.4. The molecule has 0 aromatic carbocycles. The van der Waals surface area contributed by atoms with E-state index in [0.717, 1.165) is 5.92 Å². The molecule has 0 radical (unpaired) electrons. The molecule has 2 heterocycles. The molecular formula is C13H26N2. The summed E-state index contributed by atoms with van der Waals surface area (Å²) >= 11 is 0. The van der Waals surface area contributed by atoms with E-state index in [1.54, 1.807) is 0 Å². The fraction of sp³-hybridized carbons (Fsp3) is 1.00. The van der Waals surface area contributed by atoms with Gasteiger partial charge in [0.1, 0.15) is 0 Å². The lowest BCUT2D eigenvalue weighted by Gasteiger charge is -2.31. The highest BCUT2D eigenvalue weighted by Gasteiger charge is 2.30. The van der Waals surface area contributed by atoms with Gasteiger partial charge < -0.3 is 10.2 Å². The molecule has 2 atom stereocenters. The summed E-state index contributed by atoms with van der Waals surface area (Å²) in [6.45, 7) is 11.3. The van der Waals surface area contributed by atoms with Crippen LogP contribution in [0.15, 0.2) is 0 Å². The Balaban J connectivity index is 1.82. The summed E-state index contributed by atoms with van der Waals surface area (Å²) in [5.74, 6) is 0.949. The number of likely N-dealkylation sites (tertiary alicyclic amines) is 1. The van der Waals surface area contributed by atoms with Crippen LogP contribution in [0.3, 0.4) is 0 Å². The van der Waals surface area contributed by atoms with Gasteiger partial charge in [-0.1, -0.05) is 13.8 Å². The molecule has 88 valence electrons. The van der Waals surface area contributed by atoms with Crippen LogP contribution in [-0.2, 0) is 0 Å². The number of nitrogens with one attached hydrogen (secondary N) is 1. The van der Waals surface area contributed by atoms with Gasteiger partial charge in [-0.2, -0.15) is 0 Å². The van der Waals surface area contributed by atoms with Crippen molar-refractivity contribution in [2.24, 2.45) is 11.3 Å². The van der Waals surface area contributed by atoms with E-state index >= 15 is 0 Å². The van der Waals surface area contributed by atoms with E-state index in [9.17, 15) is 0 Å². The molecule has 2 nitrogen and oxygen atoms in total. The van der Waals surface area contributed by atoms with E-state index in [-0.39, 0.29) is 0 Å². The van der Waals surface area contributed by atoms with E-state index < -0.39 is 0 Å². The van der Waals surface area contributed by atoms with Gasteiger partial charge in [-0.15, -0.1) is 0 Å². The first-order valence-electron chi connectivity index (χ1n) is 6.61. The van der Waals surface area contributed by atoms with Crippen LogP contribution >= 0.6 is 0 Å². The Morgan fingerprint density at radius 3 is 2.93 bits per heavy atom. The van der Waals surface area contributed by atoms with Crippen LogP contribution < -0.4 is 5.32 Å². The van der Waals surface area contributed by atoms with Gasteiger partial charge in [0.05, 0.1) is 0 Å². The van der Waals surface area contributed by atoms with Crippen molar-refractivity contribution in [3.05, 3.63) is 0 Å². The highest BCUT2D eigenvalue weighted by atomic mass is 15.1. The third-order valence-electron chi connectivity index (χ3n) is 4.17. The zero-order valence-electron chi connectivity index (χ0n) is 10.4. The molecule has 2 aliphatic rings. The van der Waals surface area contributed by atoms with E-state index in [0.29, 0.717) is 5.41 Å². The van der Waals surface area contributed by atoms with Crippen molar-refractivity contribution in [2.45, 2.75) is 39.5 Å². The van der Waals surface area contributed by atoms with E-state index in [4.69, 9.17) is 0 Å². The van der Waals surface area contributed by atoms with Crippen molar-refractivity contribution < 1.29 is 0 Å². The highest BCUT2D eigenvalue weighted by molar-refractivity contribution is 4.87. The molecule has 2 aliphatic heterocycles. The van der Waals surface area contributed by atoms with Crippen LogP contribution in [0.5, 0.6) is 0 Å². The molecule has 2 saturated heterocycles. The SMILES string of the molecule is CC1CCCN(CC2(C)CCNC2)CC1. The average Bonchev–Trinajstić information content (AvgIpc) is 2.51. The maximum Gasteiger partial charge on any atom is 0.00480 e. The Hall–Kier alpha value is -0.0800. The molecule has 15 heavy (non-hydrogen) atoms. The molecule has 2 fully saturated rings. The number of hydrogen-bond donors (Lipinski definition) is 1. The van der Waals surface area contributed by atoms with Gasteiger partial charge in [0.25, 0.3) is 0 Å². The number of hydrogen-bond acceptors (Lipinski definition) is 2. The molecule has 2 unspecified atom stereocenters. The van der Waals surface area contributed by atoms with Gasteiger partial charge in [-0.25, -0.2) is 0 Å². The summed E-state index contributed by atoms with van der Waals surface area (Å²) in [6, 6.07) is 0. The van der Waals surface area contributed by atoms with E-state index in [2.05, 4.69) is 24.1 Å². The Labute approximate surface area is 94.4 Å². The second kappa shape index (κ2) is 4.84. The second-order valence-corrected chi connectivity index (χ2v) is 6.05. The predicted molar refractivity (Wildman–Crippen MR) is 65.0 cm³/mol. The van der Waals surface area contributed by atoms with Gasteiger partial charge in [0.15, 0.2) is 0 Å². The summed E-state index contributed by atoms with van der Waals surface area (Å²) < 4.78 is 0. The Morgan fingerprint density at radius 1 is 1.33 bits per heavy atom. The molecule has 0 spiro atoms. The fourth-order valence-electron chi connectivity index (χ4n) is 3.02. The van der Waals surface area contributed by atoms with Gasteiger partial charge in [0.2, 0.25) is 0 Å². The van der Waals surface area contributed by atoms with Gasteiger partial charge >= 0.3 is 0 Å². The third-order valence-corrected chi connectivity index (χ3v) is 4.17. The number of rotatable bonds is 2. The smallest absolute Gasteiger partial charge is 0.00480 e. The van der Waals surface area contributed by atoms with Crippen molar-refractivity contribution in [1.82, 2.24) is 10.2 Å². The monoisotopic (exact) mass is 210 g/mol. The normalized spacial score (nSPS) is 39.2. The van der Waals surface area contributed by atoms with Crippen LogP contribution in [0, 0.1) is 11.3 Å². The quantitative estimate of drug-likeness (QED) is 0.751. The van der Waals surface area contributed by atoms with Crippen LogP contribution in [0.25, 0.3) is 0 Å². The molecule has 2 rings (SSSR count). The molecule has 0 aliphatic carbocycles. The maximum atomic E-state index is 3.50. The topological polar surface area (TPSA) is 15.3 Å². The van der Waals surface area contributed by atoms with Crippen molar-refractivity contribution in [1.29, 1.82) is 0 Å². The van der Waals surface area contributed by atoms with E-state index in [1.807, 2.05) is 0 Å². The fourth-order valence-corrected chi connectivity index (χ4v) is 3.02. The summed E-state index contributed by atoms with van der Waals surface area (Å²) in [7, 11) is 0. The van der Waals surface area contributed by atoms with Crippen molar-refractivity contribution in [3.63, 3.8) is 0 Å².